The van der Waals surface area contributed by atoms with Gasteiger partial charge in [0.05, 0.1) is 14.2 Å². The van der Waals surface area contributed by atoms with E-state index in [0.717, 1.165) is 4.34 Å². The van der Waals surface area contributed by atoms with Crippen LogP contribution in [0.4, 0.5) is 0 Å². The fourth-order valence-corrected chi connectivity index (χ4v) is 4.64. The highest BCUT2D eigenvalue weighted by molar-refractivity contribution is 8.02. The first-order chi connectivity index (χ1) is 6.87. The van der Waals surface area contributed by atoms with Crippen molar-refractivity contribution in [2.75, 3.05) is 5.38 Å². The van der Waals surface area contributed by atoms with Gasteiger partial charge in [0, 0.05) is 0 Å². The van der Waals surface area contributed by atoms with Gasteiger partial charge < -0.3 is 4.74 Å². The summed E-state index contributed by atoms with van der Waals surface area (Å²) in [7, 11) is -1.00. The van der Waals surface area contributed by atoms with Gasteiger partial charge in [0.15, 0.2) is 4.34 Å². The molecule has 15 heavy (non-hydrogen) atoms. The predicted octanol–water partition coefficient (Wildman–Crippen LogP) is 3.29. The summed E-state index contributed by atoms with van der Waals surface area (Å²) in [6.07, 6.45) is 0.174. The van der Waals surface area contributed by atoms with E-state index in [1.807, 2.05) is 13.8 Å². The Morgan fingerprint density at radius 3 is 2.53 bits per heavy atom. The van der Waals surface area contributed by atoms with Gasteiger partial charge in [0.25, 0.3) is 5.19 Å². The van der Waals surface area contributed by atoms with Crippen LogP contribution in [0, 0.1) is 0 Å². The van der Waals surface area contributed by atoms with E-state index >= 15 is 0 Å². The SMILES string of the molecule is CC(C)Oc1nnc(SC[Si](C)(C)C)s1. The second-order valence-corrected chi connectivity index (χ2v) is 13.0. The topological polar surface area (TPSA) is 35.0 Å². The van der Waals surface area contributed by atoms with Crippen LogP contribution in [0.2, 0.25) is 19.6 Å². The first kappa shape index (κ1) is 13.0. The minimum absolute atomic E-state index is 0.174. The maximum Gasteiger partial charge on any atom is 0.295 e. The molecule has 0 atom stereocenters. The van der Waals surface area contributed by atoms with E-state index in [1.165, 1.54) is 5.38 Å². The molecule has 0 aliphatic heterocycles. The third-order valence-electron chi connectivity index (χ3n) is 1.35. The normalized spacial score (nSPS) is 12.1. The van der Waals surface area contributed by atoms with E-state index in [9.17, 15) is 0 Å². The highest BCUT2D eigenvalue weighted by Crippen LogP contribution is 2.29. The molecule has 0 bridgehead atoms. The summed E-state index contributed by atoms with van der Waals surface area (Å²) in [5.74, 6) is 0. The summed E-state index contributed by atoms with van der Waals surface area (Å²) in [4.78, 5) is 0. The largest absolute Gasteiger partial charge is 0.466 e. The number of hydrogen-bond acceptors (Lipinski definition) is 5. The standard InChI is InChI=1S/C9H18N2OS2Si/c1-7(2)12-8-10-11-9(14-8)13-6-15(3,4)5/h7H,6H2,1-5H3. The zero-order valence-corrected chi connectivity index (χ0v) is 12.5. The van der Waals surface area contributed by atoms with E-state index in [2.05, 4.69) is 29.8 Å². The quantitative estimate of drug-likeness (QED) is 0.602. The molecule has 0 aromatic carbocycles. The van der Waals surface area contributed by atoms with Crippen molar-refractivity contribution in [2.45, 2.75) is 43.9 Å². The Morgan fingerprint density at radius 2 is 2.00 bits per heavy atom. The van der Waals surface area contributed by atoms with Crippen LogP contribution in [0.1, 0.15) is 13.8 Å². The van der Waals surface area contributed by atoms with Crippen molar-refractivity contribution in [3.8, 4) is 5.19 Å². The molecule has 1 heterocycles. The van der Waals surface area contributed by atoms with Gasteiger partial charge in [0.1, 0.15) is 0 Å². The van der Waals surface area contributed by atoms with Crippen LogP contribution in [-0.4, -0.2) is 29.8 Å². The van der Waals surface area contributed by atoms with Crippen LogP contribution < -0.4 is 4.74 Å². The van der Waals surface area contributed by atoms with Crippen molar-refractivity contribution in [1.82, 2.24) is 10.2 Å². The molecule has 1 rings (SSSR count). The summed E-state index contributed by atoms with van der Waals surface area (Å²) < 4.78 is 6.49. The monoisotopic (exact) mass is 262 g/mol. The molecule has 0 spiro atoms. The lowest BCUT2D eigenvalue weighted by Gasteiger charge is -2.12. The Labute approximate surface area is 101 Å². The molecular formula is C9H18N2OS2Si. The van der Waals surface area contributed by atoms with Gasteiger partial charge in [-0.15, -0.1) is 5.10 Å². The van der Waals surface area contributed by atoms with Crippen molar-refractivity contribution < 1.29 is 4.74 Å². The molecule has 0 radical (unpaired) electrons. The van der Waals surface area contributed by atoms with Gasteiger partial charge in [-0.1, -0.05) is 36.5 Å². The number of ether oxygens (including phenoxy) is 1. The maximum absolute atomic E-state index is 5.47. The number of hydrogen-bond donors (Lipinski definition) is 0. The Hall–Kier alpha value is -0.0731. The number of aromatic nitrogens is 2. The Bertz CT molecular complexity index is 309. The molecule has 0 fully saturated rings. The molecule has 0 aliphatic rings. The van der Waals surface area contributed by atoms with E-state index in [4.69, 9.17) is 4.74 Å². The van der Waals surface area contributed by atoms with Gasteiger partial charge in [-0.2, -0.15) is 0 Å². The molecule has 1 aromatic rings. The molecule has 6 heteroatoms. The molecule has 0 saturated carbocycles. The van der Waals surface area contributed by atoms with Crippen molar-refractivity contribution >= 4 is 31.2 Å². The first-order valence-electron chi connectivity index (χ1n) is 5.00. The van der Waals surface area contributed by atoms with Crippen LogP contribution >= 0.6 is 23.1 Å². The summed E-state index contributed by atoms with van der Waals surface area (Å²) in [5, 5.41) is 9.97. The molecule has 0 unspecified atom stereocenters. The lowest BCUT2D eigenvalue weighted by Crippen LogP contribution is -2.23. The Balaban J connectivity index is 2.46. The van der Waals surface area contributed by atoms with Gasteiger partial charge in [0.2, 0.25) is 0 Å². The minimum Gasteiger partial charge on any atom is -0.466 e. The third-order valence-corrected chi connectivity index (χ3v) is 6.94. The second-order valence-electron chi connectivity index (χ2n) is 4.85. The first-order valence-corrected chi connectivity index (χ1v) is 10.5. The van der Waals surface area contributed by atoms with E-state index in [-0.39, 0.29) is 6.10 Å². The molecule has 0 saturated heterocycles. The molecule has 0 amide bonds. The number of nitrogens with zero attached hydrogens (tertiary/aromatic N) is 2. The van der Waals surface area contributed by atoms with E-state index in [0.29, 0.717) is 5.19 Å². The predicted molar refractivity (Wildman–Crippen MR) is 69.7 cm³/mol. The minimum atomic E-state index is -1.00. The fraction of sp³-hybridized carbons (Fsp3) is 0.778. The smallest absolute Gasteiger partial charge is 0.295 e. The van der Waals surface area contributed by atoms with Crippen LogP contribution in [-0.2, 0) is 0 Å². The van der Waals surface area contributed by atoms with Crippen LogP contribution in [0.15, 0.2) is 4.34 Å². The summed E-state index contributed by atoms with van der Waals surface area (Å²) in [6.45, 7) is 11.1. The molecule has 3 nitrogen and oxygen atoms in total. The fourth-order valence-electron chi connectivity index (χ4n) is 0.783. The molecule has 0 N–H and O–H groups in total. The lowest BCUT2D eigenvalue weighted by atomic mass is 10.5. The highest BCUT2D eigenvalue weighted by Gasteiger charge is 2.15. The van der Waals surface area contributed by atoms with Crippen molar-refractivity contribution in [1.29, 1.82) is 0 Å². The van der Waals surface area contributed by atoms with Crippen molar-refractivity contribution in [2.24, 2.45) is 0 Å². The lowest BCUT2D eigenvalue weighted by molar-refractivity contribution is 0.239. The maximum atomic E-state index is 5.47. The van der Waals surface area contributed by atoms with Gasteiger partial charge in [-0.25, -0.2) is 0 Å². The summed E-state index contributed by atoms with van der Waals surface area (Å²) in [5.41, 5.74) is 0. The van der Waals surface area contributed by atoms with Crippen molar-refractivity contribution in [3.05, 3.63) is 0 Å². The van der Waals surface area contributed by atoms with Crippen LogP contribution in [0.3, 0.4) is 0 Å². The van der Waals surface area contributed by atoms with E-state index < -0.39 is 8.07 Å². The zero-order chi connectivity index (χ0) is 11.5. The molecular weight excluding hydrogens is 244 g/mol. The average Bonchev–Trinajstić information content (AvgIpc) is 2.46. The third kappa shape index (κ3) is 5.53. The second kappa shape index (κ2) is 5.31. The molecule has 86 valence electrons. The number of rotatable bonds is 5. The molecule has 1 aromatic heterocycles. The van der Waals surface area contributed by atoms with Gasteiger partial charge in [-0.3, -0.25) is 0 Å². The van der Waals surface area contributed by atoms with Gasteiger partial charge >= 0.3 is 0 Å². The van der Waals surface area contributed by atoms with Crippen LogP contribution in [0.25, 0.3) is 0 Å². The summed E-state index contributed by atoms with van der Waals surface area (Å²) >= 11 is 3.34. The molecule has 0 aliphatic carbocycles. The van der Waals surface area contributed by atoms with Crippen molar-refractivity contribution in [3.63, 3.8) is 0 Å². The highest BCUT2D eigenvalue weighted by atomic mass is 32.2. The van der Waals surface area contributed by atoms with Gasteiger partial charge in [-0.05, 0) is 30.6 Å². The zero-order valence-electron chi connectivity index (χ0n) is 9.90. The van der Waals surface area contributed by atoms with E-state index in [1.54, 1.807) is 23.1 Å². The van der Waals surface area contributed by atoms with Crippen LogP contribution in [0.5, 0.6) is 5.19 Å². The number of thioether (sulfide) groups is 1. The Morgan fingerprint density at radius 1 is 1.33 bits per heavy atom. The summed E-state index contributed by atoms with van der Waals surface area (Å²) in [6, 6.07) is 0. The Kier molecular flexibility index (Phi) is 4.60. The average molecular weight is 262 g/mol.